The summed E-state index contributed by atoms with van der Waals surface area (Å²) in [6, 6.07) is 3.92. The highest BCUT2D eigenvalue weighted by Gasteiger charge is 1.94. The van der Waals surface area contributed by atoms with Crippen molar-refractivity contribution in [2.45, 2.75) is 13.8 Å². The molecule has 1 aromatic rings. The van der Waals surface area contributed by atoms with Crippen molar-refractivity contribution >= 4 is 12.5 Å². The first-order valence-electron chi connectivity index (χ1n) is 4.22. The maximum absolute atomic E-state index is 3.95. The summed E-state index contributed by atoms with van der Waals surface area (Å²) < 4.78 is 1.93. The van der Waals surface area contributed by atoms with Crippen LogP contribution in [-0.2, 0) is 0 Å². The Morgan fingerprint density at radius 1 is 1.38 bits per heavy atom. The topological polar surface area (TPSA) is 17.3 Å². The molecule has 0 radical (unpaired) electrons. The third kappa shape index (κ3) is 2.44. The Kier molecular flexibility index (Phi) is 3.26. The molecule has 0 bridgehead atoms. The van der Waals surface area contributed by atoms with Crippen molar-refractivity contribution in [3.8, 4) is 0 Å². The molecule has 0 unspecified atom stereocenters. The summed E-state index contributed by atoms with van der Waals surface area (Å²) in [6.07, 6.45) is 7.93. The summed E-state index contributed by atoms with van der Waals surface area (Å²) in [5.41, 5.74) is 1.18. The van der Waals surface area contributed by atoms with Gasteiger partial charge in [0.05, 0.1) is 0 Å². The second kappa shape index (κ2) is 4.45. The van der Waals surface area contributed by atoms with Gasteiger partial charge >= 0.3 is 0 Å². The van der Waals surface area contributed by atoms with E-state index in [1.54, 1.807) is 0 Å². The summed E-state index contributed by atoms with van der Waals surface area (Å²) in [6.45, 7) is 7.58. The van der Waals surface area contributed by atoms with Gasteiger partial charge in [-0.15, -0.1) is 0 Å². The van der Waals surface area contributed by atoms with Gasteiger partial charge in [-0.2, -0.15) is 0 Å². The van der Waals surface area contributed by atoms with Crippen LogP contribution in [0.4, 0.5) is 0 Å². The van der Waals surface area contributed by atoms with E-state index in [1.807, 2.05) is 55.1 Å². The molecular formula is C11H14N2. The van der Waals surface area contributed by atoms with Crippen molar-refractivity contribution < 1.29 is 0 Å². The van der Waals surface area contributed by atoms with Crippen LogP contribution in [0.5, 0.6) is 0 Å². The lowest BCUT2D eigenvalue weighted by molar-refractivity contribution is 1.08. The molecule has 1 aromatic heterocycles. The first-order valence-corrected chi connectivity index (χ1v) is 4.22. The molecule has 0 N–H and O–H groups in total. The summed E-state index contributed by atoms with van der Waals surface area (Å²) in [7, 11) is 0. The number of hydrogen-bond acceptors (Lipinski definition) is 1. The van der Waals surface area contributed by atoms with E-state index in [0.717, 1.165) is 5.82 Å². The quantitative estimate of drug-likeness (QED) is 0.495. The lowest BCUT2D eigenvalue weighted by Crippen LogP contribution is -1.89. The number of allylic oxidation sites excluding steroid dienone is 3. The Hall–Kier alpha value is -1.57. The van der Waals surface area contributed by atoms with E-state index in [2.05, 4.69) is 11.7 Å². The minimum Gasteiger partial charge on any atom is -0.309 e. The van der Waals surface area contributed by atoms with Crippen LogP contribution in [0.15, 0.2) is 47.2 Å². The molecular weight excluding hydrogens is 160 g/mol. The molecule has 0 aliphatic rings. The van der Waals surface area contributed by atoms with Gasteiger partial charge in [0.15, 0.2) is 0 Å². The molecule has 1 rings (SSSR count). The van der Waals surface area contributed by atoms with Gasteiger partial charge in [0.25, 0.3) is 0 Å². The van der Waals surface area contributed by atoms with Crippen LogP contribution < -0.4 is 0 Å². The van der Waals surface area contributed by atoms with E-state index in [9.17, 15) is 0 Å². The average molecular weight is 174 g/mol. The highest BCUT2D eigenvalue weighted by Crippen LogP contribution is 2.09. The van der Waals surface area contributed by atoms with Crippen molar-refractivity contribution in [3.05, 3.63) is 42.3 Å². The first-order chi connectivity index (χ1) is 6.27. The van der Waals surface area contributed by atoms with Crippen LogP contribution in [0.25, 0.3) is 5.82 Å². The molecule has 0 spiro atoms. The Morgan fingerprint density at radius 3 is 2.46 bits per heavy atom. The smallest absolute Gasteiger partial charge is 0.136 e. The standard InChI is InChI=1S/C11H14N2/c1-4-10(2)9-11(12-3)13-7-5-6-8-13/h4-9H,3H2,1-2H3/b10-4-,11-9+. The van der Waals surface area contributed by atoms with E-state index >= 15 is 0 Å². The molecule has 0 atom stereocenters. The summed E-state index contributed by atoms with van der Waals surface area (Å²) in [5, 5.41) is 0. The molecule has 0 saturated heterocycles. The molecule has 2 nitrogen and oxygen atoms in total. The van der Waals surface area contributed by atoms with Crippen LogP contribution in [0, 0.1) is 0 Å². The number of rotatable bonds is 3. The number of nitrogens with zero attached hydrogens (tertiary/aromatic N) is 2. The zero-order valence-corrected chi connectivity index (χ0v) is 8.07. The van der Waals surface area contributed by atoms with Gasteiger partial charge < -0.3 is 4.57 Å². The van der Waals surface area contributed by atoms with E-state index in [4.69, 9.17) is 0 Å². The van der Waals surface area contributed by atoms with Crippen molar-refractivity contribution in [1.29, 1.82) is 0 Å². The highest BCUT2D eigenvalue weighted by atomic mass is 15.1. The summed E-state index contributed by atoms with van der Waals surface area (Å²) in [5.74, 6) is 0.848. The predicted molar refractivity (Wildman–Crippen MR) is 57.7 cm³/mol. The van der Waals surface area contributed by atoms with Crippen molar-refractivity contribution in [2.75, 3.05) is 0 Å². The van der Waals surface area contributed by atoms with Crippen molar-refractivity contribution in [2.24, 2.45) is 4.99 Å². The number of aliphatic imine (C=N–C) groups is 1. The van der Waals surface area contributed by atoms with Crippen LogP contribution in [0.2, 0.25) is 0 Å². The van der Waals surface area contributed by atoms with E-state index < -0.39 is 0 Å². The maximum Gasteiger partial charge on any atom is 0.136 e. The molecule has 0 aliphatic heterocycles. The third-order valence-electron chi connectivity index (χ3n) is 1.84. The zero-order chi connectivity index (χ0) is 9.68. The van der Waals surface area contributed by atoms with Gasteiger partial charge in [-0.3, -0.25) is 0 Å². The fraction of sp³-hybridized carbons (Fsp3) is 0.182. The van der Waals surface area contributed by atoms with Gasteiger partial charge in [0, 0.05) is 12.4 Å². The second-order valence-electron chi connectivity index (χ2n) is 2.78. The molecule has 1 heterocycles. The number of hydrogen-bond donors (Lipinski definition) is 0. The van der Waals surface area contributed by atoms with Crippen LogP contribution in [0.1, 0.15) is 13.8 Å². The predicted octanol–water partition coefficient (Wildman–Crippen LogP) is 2.95. The first kappa shape index (κ1) is 9.52. The molecule has 0 saturated carbocycles. The van der Waals surface area contributed by atoms with Crippen LogP contribution >= 0.6 is 0 Å². The Morgan fingerprint density at radius 2 is 2.00 bits per heavy atom. The Balaban J connectivity index is 2.99. The molecule has 0 fully saturated rings. The molecule has 0 aliphatic carbocycles. The summed E-state index contributed by atoms with van der Waals surface area (Å²) in [4.78, 5) is 3.95. The SMILES string of the molecule is C=N/C(=C\C(C)=C/C)n1cccc1. The molecule has 68 valence electrons. The van der Waals surface area contributed by atoms with Gasteiger partial charge in [-0.25, -0.2) is 4.99 Å². The zero-order valence-electron chi connectivity index (χ0n) is 8.07. The Bertz CT molecular complexity index is 329. The van der Waals surface area contributed by atoms with Crippen molar-refractivity contribution in [1.82, 2.24) is 4.57 Å². The summed E-state index contributed by atoms with van der Waals surface area (Å²) >= 11 is 0. The van der Waals surface area contributed by atoms with Crippen molar-refractivity contribution in [3.63, 3.8) is 0 Å². The molecule has 0 aromatic carbocycles. The third-order valence-corrected chi connectivity index (χ3v) is 1.84. The van der Waals surface area contributed by atoms with Crippen LogP contribution in [0.3, 0.4) is 0 Å². The number of aromatic nitrogens is 1. The second-order valence-corrected chi connectivity index (χ2v) is 2.78. The van der Waals surface area contributed by atoms with E-state index in [1.165, 1.54) is 5.57 Å². The van der Waals surface area contributed by atoms with Crippen LogP contribution in [-0.4, -0.2) is 11.3 Å². The van der Waals surface area contributed by atoms with Gasteiger partial charge in [-0.05, 0) is 38.8 Å². The molecule has 2 heteroatoms. The van der Waals surface area contributed by atoms with E-state index in [-0.39, 0.29) is 0 Å². The van der Waals surface area contributed by atoms with Gasteiger partial charge in [0.1, 0.15) is 5.82 Å². The molecule has 0 amide bonds. The highest BCUT2D eigenvalue weighted by molar-refractivity contribution is 5.54. The van der Waals surface area contributed by atoms with E-state index in [0.29, 0.717) is 0 Å². The lowest BCUT2D eigenvalue weighted by Gasteiger charge is -2.02. The fourth-order valence-corrected chi connectivity index (χ4v) is 0.976. The largest absolute Gasteiger partial charge is 0.309 e. The average Bonchev–Trinajstić information content (AvgIpc) is 2.66. The minimum absolute atomic E-state index is 0.848. The molecule has 13 heavy (non-hydrogen) atoms. The normalized spacial score (nSPS) is 13.1. The maximum atomic E-state index is 3.95. The Labute approximate surface area is 78.9 Å². The monoisotopic (exact) mass is 174 g/mol. The minimum atomic E-state index is 0.848. The lowest BCUT2D eigenvalue weighted by atomic mass is 10.3. The van der Waals surface area contributed by atoms with Gasteiger partial charge in [0.2, 0.25) is 0 Å². The fourth-order valence-electron chi connectivity index (χ4n) is 0.976. The van der Waals surface area contributed by atoms with Gasteiger partial charge in [-0.1, -0.05) is 11.6 Å².